The molecule has 0 aliphatic heterocycles. The Kier molecular flexibility index (Phi) is 3.81. The molecule has 6 atom stereocenters. The zero-order chi connectivity index (χ0) is 17.2. The zero-order valence-corrected chi connectivity index (χ0v) is 15.7. The maximum absolute atomic E-state index is 11.9. The molecule has 0 aromatic heterocycles. The van der Waals surface area contributed by atoms with E-state index in [2.05, 4.69) is 20.8 Å². The molecule has 0 saturated heterocycles. The van der Waals surface area contributed by atoms with Crippen molar-refractivity contribution in [1.82, 2.24) is 0 Å². The number of fused-ring (bicyclic) bond motifs is 5. The van der Waals surface area contributed by atoms with E-state index in [0.717, 1.165) is 50.4 Å². The van der Waals surface area contributed by atoms with E-state index in [4.69, 9.17) is 0 Å². The Balaban J connectivity index is 1.66. The van der Waals surface area contributed by atoms with Gasteiger partial charge in [-0.05, 0) is 86.0 Å². The highest BCUT2D eigenvalue weighted by Crippen LogP contribution is 2.68. The quantitative estimate of drug-likeness (QED) is 0.769. The SMILES string of the molecule is CCC[C@]1(O)CCC2C3CCC4=CC(=O)CC[C@]4(C)C3CC[C@@]21C. The highest BCUT2D eigenvalue weighted by Gasteiger charge is 2.63. The van der Waals surface area contributed by atoms with Gasteiger partial charge in [-0.1, -0.05) is 32.8 Å². The Morgan fingerprint density at radius 1 is 1.08 bits per heavy atom. The molecule has 3 unspecified atom stereocenters. The molecular weight excluding hydrogens is 296 g/mol. The number of carbonyl (C=O) groups excluding carboxylic acids is 1. The Bertz CT molecular complexity index is 579. The molecule has 4 rings (SSSR count). The summed E-state index contributed by atoms with van der Waals surface area (Å²) in [5.74, 6) is 2.51. The fourth-order valence-electron chi connectivity index (χ4n) is 7.49. The van der Waals surface area contributed by atoms with E-state index in [9.17, 15) is 9.90 Å². The van der Waals surface area contributed by atoms with Crippen LogP contribution in [0.2, 0.25) is 0 Å². The lowest BCUT2D eigenvalue weighted by Gasteiger charge is -2.59. The molecule has 4 aliphatic carbocycles. The number of hydrogen-bond donors (Lipinski definition) is 1. The molecule has 2 heteroatoms. The normalized spacial score (nSPS) is 50.8. The maximum atomic E-state index is 11.9. The average Bonchev–Trinajstić information content (AvgIpc) is 2.80. The third kappa shape index (κ3) is 2.08. The molecule has 1 N–H and O–H groups in total. The van der Waals surface area contributed by atoms with Crippen molar-refractivity contribution in [3.05, 3.63) is 11.6 Å². The van der Waals surface area contributed by atoms with E-state index >= 15 is 0 Å². The molecule has 0 heterocycles. The second kappa shape index (κ2) is 5.43. The predicted molar refractivity (Wildman–Crippen MR) is 96.6 cm³/mol. The average molecular weight is 331 g/mol. The Morgan fingerprint density at radius 2 is 1.83 bits per heavy atom. The van der Waals surface area contributed by atoms with Crippen LogP contribution in [0, 0.1) is 28.6 Å². The molecule has 0 amide bonds. The van der Waals surface area contributed by atoms with Gasteiger partial charge >= 0.3 is 0 Å². The number of ketones is 1. The molecule has 0 aromatic rings. The summed E-state index contributed by atoms with van der Waals surface area (Å²) in [6.07, 6.45) is 12.8. The van der Waals surface area contributed by atoms with Crippen LogP contribution in [-0.4, -0.2) is 16.5 Å². The highest BCUT2D eigenvalue weighted by molar-refractivity contribution is 5.91. The lowest BCUT2D eigenvalue weighted by molar-refractivity contribution is -0.132. The third-order valence-electron chi connectivity index (χ3n) is 8.95. The number of carbonyl (C=O) groups is 1. The standard InChI is InChI=1S/C22H34O2/c1-4-10-22(24)13-9-19-17-6-5-15-14-16(23)7-11-20(15,2)18(17)8-12-21(19,22)3/h14,17-19,24H,4-13H2,1-3H3/t17?,18?,19?,20-,21-,22-/m0/s1. The minimum atomic E-state index is -0.434. The van der Waals surface area contributed by atoms with Crippen molar-refractivity contribution in [2.24, 2.45) is 28.6 Å². The monoisotopic (exact) mass is 330 g/mol. The molecule has 0 spiro atoms. The topological polar surface area (TPSA) is 37.3 Å². The van der Waals surface area contributed by atoms with Crippen LogP contribution in [0.15, 0.2) is 11.6 Å². The van der Waals surface area contributed by atoms with Crippen LogP contribution in [0.3, 0.4) is 0 Å². The van der Waals surface area contributed by atoms with Crippen molar-refractivity contribution < 1.29 is 9.90 Å². The maximum Gasteiger partial charge on any atom is 0.155 e. The Hall–Kier alpha value is -0.630. The first kappa shape index (κ1) is 16.8. The Labute approximate surface area is 147 Å². The van der Waals surface area contributed by atoms with Crippen LogP contribution < -0.4 is 0 Å². The molecular formula is C22H34O2. The van der Waals surface area contributed by atoms with E-state index in [-0.39, 0.29) is 10.8 Å². The number of allylic oxidation sites excluding steroid dienone is 1. The molecule has 24 heavy (non-hydrogen) atoms. The van der Waals surface area contributed by atoms with Crippen molar-refractivity contribution in [1.29, 1.82) is 0 Å². The molecule has 3 fully saturated rings. The highest BCUT2D eigenvalue weighted by atomic mass is 16.3. The summed E-state index contributed by atoms with van der Waals surface area (Å²) in [4.78, 5) is 11.9. The van der Waals surface area contributed by atoms with E-state index in [1.807, 2.05) is 6.08 Å². The van der Waals surface area contributed by atoms with Gasteiger partial charge in [-0.2, -0.15) is 0 Å². The zero-order valence-electron chi connectivity index (χ0n) is 15.7. The van der Waals surface area contributed by atoms with Gasteiger partial charge in [-0.3, -0.25) is 4.79 Å². The number of aliphatic hydroxyl groups is 1. The Morgan fingerprint density at radius 3 is 2.58 bits per heavy atom. The van der Waals surface area contributed by atoms with Crippen molar-refractivity contribution in [2.45, 2.75) is 90.6 Å². The fourth-order valence-corrected chi connectivity index (χ4v) is 7.49. The largest absolute Gasteiger partial charge is 0.389 e. The van der Waals surface area contributed by atoms with Gasteiger partial charge in [0.2, 0.25) is 0 Å². The van der Waals surface area contributed by atoms with Gasteiger partial charge in [0.1, 0.15) is 0 Å². The molecule has 134 valence electrons. The summed E-state index contributed by atoms with van der Waals surface area (Å²) in [5.41, 5.74) is 1.39. The van der Waals surface area contributed by atoms with Crippen molar-refractivity contribution in [3.63, 3.8) is 0 Å². The van der Waals surface area contributed by atoms with Gasteiger partial charge < -0.3 is 5.11 Å². The summed E-state index contributed by atoms with van der Waals surface area (Å²) in [7, 11) is 0. The first-order valence-corrected chi connectivity index (χ1v) is 10.3. The van der Waals surface area contributed by atoms with Crippen molar-refractivity contribution in [2.75, 3.05) is 0 Å². The van der Waals surface area contributed by atoms with Gasteiger partial charge in [0.15, 0.2) is 5.78 Å². The second-order valence-electron chi connectivity index (χ2n) is 9.75. The van der Waals surface area contributed by atoms with Gasteiger partial charge in [0.25, 0.3) is 0 Å². The first-order valence-electron chi connectivity index (χ1n) is 10.3. The molecule has 4 aliphatic rings. The first-order chi connectivity index (χ1) is 11.3. The molecule has 2 nitrogen and oxygen atoms in total. The molecule has 3 saturated carbocycles. The van der Waals surface area contributed by atoms with E-state index in [0.29, 0.717) is 11.7 Å². The van der Waals surface area contributed by atoms with Crippen LogP contribution in [0.4, 0.5) is 0 Å². The molecule has 0 radical (unpaired) electrons. The van der Waals surface area contributed by atoms with Crippen LogP contribution in [-0.2, 0) is 4.79 Å². The minimum Gasteiger partial charge on any atom is -0.389 e. The third-order valence-corrected chi connectivity index (χ3v) is 8.95. The minimum absolute atomic E-state index is 0.117. The van der Waals surface area contributed by atoms with Crippen molar-refractivity contribution >= 4 is 5.78 Å². The summed E-state index contributed by atoms with van der Waals surface area (Å²) >= 11 is 0. The number of hydrogen-bond acceptors (Lipinski definition) is 2. The van der Waals surface area contributed by atoms with E-state index < -0.39 is 5.60 Å². The summed E-state index contributed by atoms with van der Waals surface area (Å²) in [5, 5.41) is 11.4. The fraction of sp³-hybridized carbons (Fsp3) is 0.864. The van der Waals surface area contributed by atoms with E-state index in [1.54, 1.807) is 0 Å². The van der Waals surface area contributed by atoms with Gasteiger partial charge in [0.05, 0.1) is 5.60 Å². The van der Waals surface area contributed by atoms with Crippen molar-refractivity contribution in [3.8, 4) is 0 Å². The second-order valence-corrected chi connectivity index (χ2v) is 9.75. The van der Waals surface area contributed by atoms with Gasteiger partial charge in [-0.15, -0.1) is 0 Å². The summed E-state index contributed by atoms with van der Waals surface area (Å²) in [6, 6.07) is 0. The summed E-state index contributed by atoms with van der Waals surface area (Å²) in [6.45, 7) is 7.05. The van der Waals surface area contributed by atoms with Crippen LogP contribution in [0.25, 0.3) is 0 Å². The lowest BCUT2D eigenvalue weighted by atomic mass is 9.46. The summed E-state index contributed by atoms with van der Waals surface area (Å²) < 4.78 is 0. The van der Waals surface area contributed by atoms with Crippen LogP contribution >= 0.6 is 0 Å². The molecule has 0 aromatic carbocycles. The van der Waals surface area contributed by atoms with E-state index in [1.165, 1.54) is 31.3 Å². The number of rotatable bonds is 2. The van der Waals surface area contributed by atoms with Crippen LogP contribution in [0.5, 0.6) is 0 Å². The van der Waals surface area contributed by atoms with Crippen LogP contribution in [0.1, 0.15) is 85.0 Å². The lowest BCUT2D eigenvalue weighted by Crippen LogP contribution is -2.54. The molecule has 0 bridgehead atoms. The van der Waals surface area contributed by atoms with Gasteiger partial charge in [-0.25, -0.2) is 0 Å². The smallest absolute Gasteiger partial charge is 0.155 e. The predicted octanol–water partition coefficient (Wildman–Crippen LogP) is 5.05. The van der Waals surface area contributed by atoms with Gasteiger partial charge in [0, 0.05) is 6.42 Å².